The second-order valence-electron chi connectivity index (χ2n) is 2.60. The molecule has 0 saturated carbocycles. The lowest BCUT2D eigenvalue weighted by atomic mass is 10.2. The first-order valence-electron chi connectivity index (χ1n) is 3.67. The van der Waals surface area contributed by atoms with Crippen molar-refractivity contribution in [2.75, 3.05) is 7.11 Å². The second-order valence-corrected chi connectivity index (χ2v) is 2.60. The molecule has 0 amide bonds. The standard InChI is InChI=1S/C8H12O3/c1-6-3-4-7(11-6)5-8(9)10-2/h5-6H,3-4H2,1-2H3/b7-5+/t6-/m1/s1. The molecule has 0 aromatic heterocycles. The summed E-state index contributed by atoms with van der Waals surface area (Å²) in [6, 6.07) is 0. The summed E-state index contributed by atoms with van der Waals surface area (Å²) in [5.41, 5.74) is 0. The molecule has 62 valence electrons. The lowest BCUT2D eigenvalue weighted by Crippen LogP contribution is -1.98. The third kappa shape index (κ3) is 2.26. The van der Waals surface area contributed by atoms with Gasteiger partial charge in [0.05, 0.1) is 19.3 Å². The molecule has 3 heteroatoms. The maximum absolute atomic E-state index is 10.7. The molecular formula is C8H12O3. The summed E-state index contributed by atoms with van der Waals surface area (Å²) in [5.74, 6) is 0.401. The molecule has 0 aromatic carbocycles. The number of methoxy groups -OCH3 is 1. The zero-order valence-electron chi connectivity index (χ0n) is 6.79. The van der Waals surface area contributed by atoms with Crippen molar-refractivity contribution < 1.29 is 14.3 Å². The Labute approximate surface area is 66.0 Å². The van der Waals surface area contributed by atoms with Gasteiger partial charge in [0.25, 0.3) is 0 Å². The van der Waals surface area contributed by atoms with Gasteiger partial charge in [0.2, 0.25) is 0 Å². The number of carbonyl (C=O) groups excluding carboxylic acids is 1. The largest absolute Gasteiger partial charge is 0.495 e. The number of esters is 1. The Balaban J connectivity index is 2.48. The van der Waals surface area contributed by atoms with Crippen molar-refractivity contribution in [3.05, 3.63) is 11.8 Å². The van der Waals surface area contributed by atoms with Crippen LogP contribution >= 0.6 is 0 Å². The average molecular weight is 156 g/mol. The maximum atomic E-state index is 10.7. The average Bonchev–Trinajstić information content (AvgIpc) is 2.35. The van der Waals surface area contributed by atoms with Crippen LogP contribution in [0.3, 0.4) is 0 Å². The van der Waals surface area contributed by atoms with Crippen LogP contribution in [-0.4, -0.2) is 19.2 Å². The van der Waals surface area contributed by atoms with Crippen LogP contribution in [0.5, 0.6) is 0 Å². The minimum Gasteiger partial charge on any atom is -0.495 e. The van der Waals surface area contributed by atoms with Gasteiger partial charge in [-0.1, -0.05) is 0 Å². The smallest absolute Gasteiger partial charge is 0.333 e. The third-order valence-corrected chi connectivity index (χ3v) is 1.63. The Kier molecular flexibility index (Phi) is 2.52. The molecule has 0 unspecified atom stereocenters. The van der Waals surface area contributed by atoms with Gasteiger partial charge in [0.1, 0.15) is 5.76 Å². The van der Waals surface area contributed by atoms with E-state index in [2.05, 4.69) is 4.74 Å². The molecule has 0 aromatic rings. The molecular weight excluding hydrogens is 144 g/mol. The second kappa shape index (κ2) is 3.42. The first kappa shape index (κ1) is 8.11. The fourth-order valence-corrected chi connectivity index (χ4v) is 1.02. The van der Waals surface area contributed by atoms with E-state index >= 15 is 0 Å². The molecule has 11 heavy (non-hydrogen) atoms. The van der Waals surface area contributed by atoms with Gasteiger partial charge in [-0.15, -0.1) is 0 Å². The van der Waals surface area contributed by atoms with Crippen LogP contribution in [0, 0.1) is 0 Å². The summed E-state index contributed by atoms with van der Waals surface area (Å²) in [4.78, 5) is 10.7. The van der Waals surface area contributed by atoms with Crippen LogP contribution in [0.15, 0.2) is 11.8 Å². The van der Waals surface area contributed by atoms with Crippen molar-refractivity contribution in [3.8, 4) is 0 Å². The van der Waals surface area contributed by atoms with E-state index in [0.29, 0.717) is 0 Å². The summed E-state index contributed by atoms with van der Waals surface area (Å²) >= 11 is 0. The van der Waals surface area contributed by atoms with E-state index in [1.54, 1.807) is 0 Å². The molecule has 0 bridgehead atoms. The number of hydrogen-bond donors (Lipinski definition) is 0. The topological polar surface area (TPSA) is 35.5 Å². The Morgan fingerprint density at radius 1 is 1.82 bits per heavy atom. The van der Waals surface area contributed by atoms with Gasteiger partial charge in [-0.05, 0) is 13.3 Å². The molecule has 1 aliphatic heterocycles. The summed E-state index contributed by atoms with van der Waals surface area (Å²) in [6.07, 6.45) is 3.48. The van der Waals surface area contributed by atoms with Gasteiger partial charge in [0.15, 0.2) is 0 Å². The summed E-state index contributed by atoms with van der Waals surface area (Å²) in [6.45, 7) is 1.98. The molecule has 0 aliphatic carbocycles. The van der Waals surface area contributed by atoms with E-state index in [0.717, 1.165) is 18.6 Å². The molecule has 0 N–H and O–H groups in total. The zero-order chi connectivity index (χ0) is 8.27. The number of ether oxygens (including phenoxy) is 2. The highest BCUT2D eigenvalue weighted by atomic mass is 16.5. The van der Waals surface area contributed by atoms with Crippen LogP contribution < -0.4 is 0 Å². The number of hydrogen-bond acceptors (Lipinski definition) is 3. The lowest BCUT2D eigenvalue weighted by molar-refractivity contribution is -0.135. The van der Waals surface area contributed by atoms with Crippen molar-refractivity contribution in [2.24, 2.45) is 0 Å². The fraction of sp³-hybridized carbons (Fsp3) is 0.625. The van der Waals surface area contributed by atoms with Crippen LogP contribution in [0.4, 0.5) is 0 Å². The summed E-state index contributed by atoms with van der Waals surface area (Å²) in [7, 11) is 1.36. The van der Waals surface area contributed by atoms with Gasteiger partial charge >= 0.3 is 5.97 Å². The van der Waals surface area contributed by atoms with Crippen molar-refractivity contribution in [3.63, 3.8) is 0 Å². The van der Waals surface area contributed by atoms with Crippen molar-refractivity contribution in [1.82, 2.24) is 0 Å². The SMILES string of the molecule is COC(=O)/C=C1\CC[C@@H](C)O1. The van der Waals surface area contributed by atoms with Crippen molar-refractivity contribution >= 4 is 5.97 Å². The number of allylic oxidation sites excluding steroid dienone is 1. The van der Waals surface area contributed by atoms with Gasteiger partial charge in [0, 0.05) is 6.42 Å². The van der Waals surface area contributed by atoms with E-state index in [-0.39, 0.29) is 12.1 Å². The lowest BCUT2D eigenvalue weighted by Gasteiger charge is -2.01. The summed E-state index contributed by atoms with van der Waals surface area (Å²) in [5, 5.41) is 0. The Hall–Kier alpha value is -0.990. The predicted molar refractivity (Wildman–Crippen MR) is 39.9 cm³/mol. The maximum Gasteiger partial charge on any atom is 0.333 e. The number of rotatable bonds is 1. The molecule has 1 saturated heterocycles. The first-order chi connectivity index (χ1) is 5.22. The molecule has 0 radical (unpaired) electrons. The van der Waals surface area contributed by atoms with Gasteiger partial charge in [-0.3, -0.25) is 0 Å². The molecule has 1 heterocycles. The van der Waals surface area contributed by atoms with Crippen LogP contribution in [-0.2, 0) is 14.3 Å². The van der Waals surface area contributed by atoms with Crippen molar-refractivity contribution in [1.29, 1.82) is 0 Å². The van der Waals surface area contributed by atoms with Gasteiger partial charge in [-0.25, -0.2) is 4.79 Å². The minimum atomic E-state index is -0.339. The highest BCUT2D eigenvalue weighted by Gasteiger charge is 2.16. The van der Waals surface area contributed by atoms with Gasteiger partial charge < -0.3 is 9.47 Å². The molecule has 3 nitrogen and oxygen atoms in total. The molecule has 1 atom stereocenters. The van der Waals surface area contributed by atoms with Gasteiger partial charge in [-0.2, -0.15) is 0 Å². The molecule has 1 fully saturated rings. The van der Waals surface area contributed by atoms with Crippen LogP contribution in [0.2, 0.25) is 0 Å². The van der Waals surface area contributed by atoms with E-state index in [1.165, 1.54) is 13.2 Å². The first-order valence-corrected chi connectivity index (χ1v) is 3.67. The minimum absolute atomic E-state index is 0.242. The molecule has 0 spiro atoms. The fourth-order valence-electron chi connectivity index (χ4n) is 1.02. The van der Waals surface area contributed by atoms with E-state index < -0.39 is 0 Å². The highest BCUT2D eigenvalue weighted by Crippen LogP contribution is 2.21. The molecule has 1 rings (SSSR count). The normalized spacial score (nSPS) is 26.7. The van der Waals surface area contributed by atoms with E-state index in [9.17, 15) is 4.79 Å². The Morgan fingerprint density at radius 3 is 3.00 bits per heavy atom. The quantitative estimate of drug-likeness (QED) is 0.423. The van der Waals surface area contributed by atoms with E-state index in [4.69, 9.17) is 4.74 Å². The van der Waals surface area contributed by atoms with Crippen LogP contribution in [0.1, 0.15) is 19.8 Å². The Bertz CT molecular complexity index is 184. The van der Waals surface area contributed by atoms with Crippen LogP contribution in [0.25, 0.3) is 0 Å². The molecule has 1 aliphatic rings. The van der Waals surface area contributed by atoms with E-state index in [1.807, 2.05) is 6.92 Å². The summed E-state index contributed by atoms with van der Waals surface area (Å²) < 4.78 is 9.75. The Morgan fingerprint density at radius 2 is 2.55 bits per heavy atom. The number of carbonyl (C=O) groups is 1. The highest BCUT2D eigenvalue weighted by molar-refractivity contribution is 5.82. The third-order valence-electron chi connectivity index (χ3n) is 1.63. The van der Waals surface area contributed by atoms with Crippen molar-refractivity contribution in [2.45, 2.75) is 25.9 Å². The predicted octanol–water partition coefficient (Wildman–Crippen LogP) is 1.24. The monoisotopic (exact) mass is 156 g/mol. The zero-order valence-corrected chi connectivity index (χ0v) is 6.79.